The van der Waals surface area contributed by atoms with Crippen molar-refractivity contribution in [3.05, 3.63) is 76.7 Å². The molecule has 0 bridgehead atoms. The summed E-state index contributed by atoms with van der Waals surface area (Å²) in [5, 5.41) is 6.16. The van der Waals surface area contributed by atoms with Gasteiger partial charge in [-0.2, -0.15) is 13.2 Å². The van der Waals surface area contributed by atoms with E-state index in [-0.39, 0.29) is 12.1 Å². The van der Waals surface area contributed by atoms with Crippen molar-refractivity contribution in [3.8, 4) is 10.4 Å². The summed E-state index contributed by atoms with van der Waals surface area (Å²) in [6.45, 7) is 0. The van der Waals surface area contributed by atoms with Gasteiger partial charge in [-0.3, -0.25) is 4.79 Å². The van der Waals surface area contributed by atoms with Crippen molar-refractivity contribution in [2.45, 2.75) is 12.3 Å². The van der Waals surface area contributed by atoms with E-state index in [2.05, 4.69) is 10.6 Å². The van der Waals surface area contributed by atoms with Gasteiger partial charge >= 0.3 is 6.18 Å². The molecule has 0 saturated carbocycles. The molecule has 1 amide bonds. The summed E-state index contributed by atoms with van der Waals surface area (Å²) in [6.07, 6.45) is -4.71. The summed E-state index contributed by atoms with van der Waals surface area (Å²) in [5.74, 6) is -0.158. The number of para-hydroxylation sites is 1. The maximum atomic E-state index is 12.7. The second-order valence-electron chi connectivity index (χ2n) is 5.87. The van der Waals surface area contributed by atoms with Gasteiger partial charge in [0.05, 0.1) is 11.1 Å². The van der Waals surface area contributed by atoms with E-state index in [1.807, 2.05) is 24.3 Å². The molecule has 0 fully saturated rings. The zero-order valence-electron chi connectivity index (χ0n) is 13.3. The lowest BCUT2D eigenvalue weighted by Crippen LogP contribution is -2.37. The minimum absolute atomic E-state index is 0.158. The summed E-state index contributed by atoms with van der Waals surface area (Å²) in [4.78, 5) is 13.9. The van der Waals surface area contributed by atoms with Gasteiger partial charge in [-0.05, 0) is 42.0 Å². The van der Waals surface area contributed by atoms with Gasteiger partial charge in [-0.25, -0.2) is 0 Å². The van der Waals surface area contributed by atoms with Crippen LogP contribution in [-0.2, 0) is 6.18 Å². The molecule has 0 unspecified atom stereocenters. The molecule has 2 aromatic carbocycles. The number of hydrogen-bond acceptors (Lipinski definition) is 3. The van der Waals surface area contributed by atoms with Gasteiger partial charge in [0.1, 0.15) is 6.17 Å². The molecule has 0 radical (unpaired) electrons. The highest BCUT2D eigenvalue weighted by atomic mass is 32.1. The fourth-order valence-corrected chi connectivity index (χ4v) is 3.85. The third kappa shape index (κ3) is 3.06. The number of thiophene rings is 1. The quantitative estimate of drug-likeness (QED) is 0.640. The van der Waals surface area contributed by atoms with Crippen LogP contribution in [0.2, 0.25) is 0 Å². The first-order chi connectivity index (χ1) is 12.4. The normalized spacial score (nSPS) is 16.6. The van der Waals surface area contributed by atoms with Crippen LogP contribution in [-0.4, -0.2) is 5.91 Å². The van der Waals surface area contributed by atoms with Crippen molar-refractivity contribution in [2.75, 3.05) is 5.32 Å². The summed E-state index contributed by atoms with van der Waals surface area (Å²) in [5.41, 5.74) is 1.38. The molecule has 0 spiro atoms. The van der Waals surface area contributed by atoms with Crippen molar-refractivity contribution in [3.63, 3.8) is 0 Å². The van der Waals surface area contributed by atoms with Crippen LogP contribution < -0.4 is 10.6 Å². The maximum Gasteiger partial charge on any atom is 0.416 e. The van der Waals surface area contributed by atoms with E-state index >= 15 is 0 Å². The first kappa shape index (κ1) is 16.7. The molecule has 2 heterocycles. The molecule has 132 valence electrons. The zero-order chi connectivity index (χ0) is 18.3. The summed E-state index contributed by atoms with van der Waals surface area (Å²) < 4.78 is 38.0. The number of nitrogens with one attached hydrogen (secondary N) is 2. The highest BCUT2D eigenvalue weighted by Crippen LogP contribution is 2.36. The summed E-state index contributed by atoms with van der Waals surface area (Å²) >= 11 is 1.42. The van der Waals surface area contributed by atoms with Crippen molar-refractivity contribution in [2.24, 2.45) is 0 Å². The number of carbonyl (C=O) groups is 1. The van der Waals surface area contributed by atoms with Gasteiger partial charge < -0.3 is 10.6 Å². The number of fused-ring (bicyclic) bond motifs is 1. The molecule has 0 aliphatic carbocycles. The third-order valence-corrected chi connectivity index (χ3v) is 5.35. The van der Waals surface area contributed by atoms with Gasteiger partial charge in [0.25, 0.3) is 5.91 Å². The van der Waals surface area contributed by atoms with Crippen LogP contribution >= 0.6 is 11.3 Å². The monoisotopic (exact) mass is 374 g/mol. The van der Waals surface area contributed by atoms with E-state index in [0.717, 1.165) is 27.6 Å². The fraction of sp³-hybridized carbons (Fsp3) is 0.105. The fourth-order valence-electron chi connectivity index (χ4n) is 2.84. The summed E-state index contributed by atoms with van der Waals surface area (Å²) in [6, 6.07) is 16.0. The molecule has 26 heavy (non-hydrogen) atoms. The molecule has 1 atom stereocenters. The van der Waals surface area contributed by atoms with E-state index in [1.54, 1.807) is 12.1 Å². The number of anilines is 1. The molecule has 3 nitrogen and oxygen atoms in total. The number of carbonyl (C=O) groups excluding carboxylic acids is 1. The molecule has 0 saturated heterocycles. The van der Waals surface area contributed by atoms with E-state index < -0.39 is 11.7 Å². The van der Waals surface area contributed by atoms with Gasteiger partial charge in [0, 0.05) is 15.4 Å². The highest BCUT2D eigenvalue weighted by molar-refractivity contribution is 7.15. The molecular weight excluding hydrogens is 361 g/mol. The van der Waals surface area contributed by atoms with Crippen LogP contribution in [0.1, 0.15) is 27.0 Å². The van der Waals surface area contributed by atoms with Crippen molar-refractivity contribution in [1.82, 2.24) is 5.32 Å². The van der Waals surface area contributed by atoms with Crippen LogP contribution in [0, 0.1) is 0 Å². The molecule has 1 aromatic heterocycles. The SMILES string of the molecule is O=C1N[C@@H](c2ccc(-c3ccc(C(F)(F)F)cc3)s2)Nc2ccccc21. The number of halogens is 3. The largest absolute Gasteiger partial charge is 0.416 e. The van der Waals surface area contributed by atoms with E-state index in [1.165, 1.54) is 23.5 Å². The second-order valence-corrected chi connectivity index (χ2v) is 6.99. The Morgan fingerprint density at radius 1 is 0.885 bits per heavy atom. The lowest BCUT2D eigenvalue weighted by atomic mass is 10.1. The maximum absolute atomic E-state index is 12.7. The summed E-state index contributed by atoms with van der Waals surface area (Å²) in [7, 11) is 0. The molecular formula is C19H13F3N2OS. The topological polar surface area (TPSA) is 41.1 Å². The molecule has 2 N–H and O–H groups in total. The van der Waals surface area contributed by atoms with Crippen LogP contribution in [0.4, 0.5) is 18.9 Å². The van der Waals surface area contributed by atoms with Gasteiger partial charge in [-0.1, -0.05) is 24.3 Å². The third-order valence-electron chi connectivity index (χ3n) is 4.16. The predicted octanol–water partition coefficient (Wildman–Crippen LogP) is 5.29. The standard InChI is InChI=1S/C19H13F3N2OS/c20-19(21,22)12-7-5-11(6-8-12)15-9-10-16(26-15)17-23-14-4-2-1-3-13(14)18(25)24-17/h1-10,17,23H,(H,24,25)/t17-/m0/s1. The van der Waals surface area contributed by atoms with Gasteiger partial charge in [0.15, 0.2) is 0 Å². The minimum atomic E-state index is -4.34. The average molecular weight is 374 g/mol. The molecule has 3 aromatic rings. The Balaban J connectivity index is 1.58. The van der Waals surface area contributed by atoms with Crippen molar-refractivity contribution in [1.29, 1.82) is 0 Å². The van der Waals surface area contributed by atoms with E-state index in [9.17, 15) is 18.0 Å². The Morgan fingerprint density at radius 3 is 2.35 bits per heavy atom. The van der Waals surface area contributed by atoms with Crippen LogP contribution in [0.5, 0.6) is 0 Å². The molecule has 1 aliphatic heterocycles. The average Bonchev–Trinajstić information content (AvgIpc) is 3.11. The van der Waals surface area contributed by atoms with E-state index in [0.29, 0.717) is 11.1 Å². The Kier molecular flexibility index (Phi) is 3.96. The molecule has 1 aliphatic rings. The second kappa shape index (κ2) is 6.17. The van der Waals surface area contributed by atoms with Gasteiger partial charge in [0.2, 0.25) is 0 Å². The Bertz CT molecular complexity index is 963. The lowest BCUT2D eigenvalue weighted by Gasteiger charge is -2.26. The molecule has 4 rings (SSSR count). The Labute approximate surface area is 151 Å². The lowest BCUT2D eigenvalue weighted by molar-refractivity contribution is -0.137. The zero-order valence-corrected chi connectivity index (χ0v) is 14.1. The van der Waals surface area contributed by atoms with Crippen LogP contribution in [0.3, 0.4) is 0 Å². The van der Waals surface area contributed by atoms with Crippen LogP contribution in [0.25, 0.3) is 10.4 Å². The van der Waals surface area contributed by atoms with Crippen LogP contribution in [0.15, 0.2) is 60.7 Å². The highest BCUT2D eigenvalue weighted by Gasteiger charge is 2.30. The number of benzene rings is 2. The predicted molar refractivity (Wildman–Crippen MR) is 95.0 cm³/mol. The van der Waals surface area contributed by atoms with E-state index in [4.69, 9.17) is 0 Å². The number of amides is 1. The Hall–Kier alpha value is -2.80. The minimum Gasteiger partial charge on any atom is -0.360 e. The number of rotatable bonds is 2. The van der Waals surface area contributed by atoms with Crippen molar-refractivity contribution >= 4 is 22.9 Å². The smallest absolute Gasteiger partial charge is 0.360 e. The Morgan fingerprint density at radius 2 is 1.62 bits per heavy atom. The number of hydrogen-bond donors (Lipinski definition) is 2. The number of alkyl halides is 3. The van der Waals surface area contributed by atoms with Gasteiger partial charge in [-0.15, -0.1) is 11.3 Å². The molecule has 7 heteroatoms. The van der Waals surface area contributed by atoms with Crippen molar-refractivity contribution < 1.29 is 18.0 Å². The first-order valence-electron chi connectivity index (χ1n) is 7.85. The first-order valence-corrected chi connectivity index (χ1v) is 8.67.